The number of carbonyl (C=O) groups is 1. The van der Waals surface area contributed by atoms with Gasteiger partial charge in [-0.2, -0.15) is 0 Å². The lowest BCUT2D eigenvalue weighted by Gasteiger charge is -2.19. The predicted octanol–water partition coefficient (Wildman–Crippen LogP) is 3.29. The Balaban J connectivity index is 2.21. The number of carbonyl (C=O) groups excluding carboxylic acids is 1. The van der Waals surface area contributed by atoms with E-state index in [1.165, 1.54) is 0 Å². The summed E-state index contributed by atoms with van der Waals surface area (Å²) in [7, 11) is 1.93. The molecule has 92 valence electrons. The molecule has 3 nitrogen and oxygen atoms in total. The second-order valence-electron chi connectivity index (χ2n) is 4.02. The van der Waals surface area contributed by atoms with Gasteiger partial charge in [-0.1, -0.05) is 28.1 Å². The first-order valence-corrected chi connectivity index (χ1v) is 6.36. The smallest absolute Gasteiger partial charge is 0.153 e. The highest BCUT2D eigenvalue weighted by Gasteiger charge is 2.08. The molecule has 0 aliphatic carbocycles. The lowest BCUT2D eigenvalue weighted by atomic mass is 10.2. The van der Waals surface area contributed by atoms with Crippen molar-refractivity contribution in [3.63, 3.8) is 0 Å². The maximum atomic E-state index is 11.0. The second-order valence-corrected chi connectivity index (χ2v) is 4.94. The molecule has 2 aromatic rings. The lowest BCUT2D eigenvalue weighted by molar-refractivity contribution is 0.112. The van der Waals surface area contributed by atoms with Gasteiger partial charge in [0.1, 0.15) is 5.82 Å². The van der Waals surface area contributed by atoms with Crippen molar-refractivity contribution in [2.24, 2.45) is 0 Å². The molecule has 1 aromatic carbocycles. The summed E-state index contributed by atoms with van der Waals surface area (Å²) in [6, 6.07) is 11.6. The maximum absolute atomic E-state index is 11.0. The highest BCUT2D eigenvalue weighted by Crippen LogP contribution is 2.18. The van der Waals surface area contributed by atoms with Gasteiger partial charge < -0.3 is 4.90 Å². The molecule has 0 saturated carbocycles. The Labute approximate surface area is 115 Å². The molecule has 18 heavy (non-hydrogen) atoms. The van der Waals surface area contributed by atoms with Crippen LogP contribution in [0.1, 0.15) is 15.9 Å². The van der Waals surface area contributed by atoms with E-state index in [1.54, 1.807) is 18.3 Å². The summed E-state index contributed by atoms with van der Waals surface area (Å²) in [5.74, 6) is 0.701. The molecule has 0 aliphatic heterocycles. The SMILES string of the molecule is CN(Cc1cccc(Br)c1)c1ncccc1C=O. The maximum Gasteiger partial charge on any atom is 0.153 e. The van der Waals surface area contributed by atoms with Gasteiger partial charge in [0.15, 0.2) is 6.29 Å². The summed E-state index contributed by atoms with van der Waals surface area (Å²) >= 11 is 3.45. The number of hydrogen-bond donors (Lipinski definition) is 0. The Morgan fingerprint density at radius 2 is 2.17 bits per heavy atom. The molecule has 0 N–H and O–H groups in total. The fraction of sp³-hybridized carbons (Fsp3) is 0.143. The molecule has 0 spiro atoms. The van der Waals surface area contributed by atoms with Crippen LogP contribution in [0.2, 0.25) is 0 Å². The number of pyridine rings is 1. The van der Waals surface area contributed by atoms with Crippen LogP contribution in [-0.2, 0) is 6.54 Å². The zero-order valence-corrected chi connectivity index (χ0v) is 11.6. The molecule has 0 bridgehead atoms. The van der Waals surface area contributed by atoms with E-state index in [-0.39, 0.29) is 0 Å². The number of halogens is 1. The Morgan fingerprint density at radius 3 is 2.89 bits per heavy atom. The van der Waals surface area contributed by atoms with Gasteiger partial charge >= 0.3 is 0 Å². The van der Waals surface area contributed by atoms with Crippen molar-refractivity contribution in [1.82, 2.24) is 4.98 Å². The van der Waals surface area contributed by atoms with Crippen LogP contribution in [0.15, 0.2) is 47.1 Å². The van der Waals surface area contributed by atoms with E-state index in [2.05, 4.69) is 27.0 Å². The minimum absolute atomic E-state index is 0.606. The van der Waals surface area contributed by atoms with Crippen molar-refractivity contribution in [2.75, 3.05) is 11.9 Å². The first-order valence-electron chi connectivity index (χ1n) is 5.56. The number of rotatable bonds is 4. The van der Waals surface area contributed by atoms with Gasteiger partial charge in [0.2, 0.25) is 0 Å². The molecule has 2 rings (SSSR count). The molecule has 0 radical (unpaired) electrons. The number of anilines is 1. The zero-order valence-electron chi connectivity index (χ0n) is 10.0. The summed E-state index contributed by atoms with van der Waals surface area (Å²) in [6.07, 6.45) is 2.53. The van der Waals surface area contributed by atoms with E-state index >= 15 is 0 Å². The summed E-state index contributed by atoms with van der Waals surface area (Å²) < 4.78 is 1.05. The minimum Gasteiger partial charge on any atom is -0.355 e. The van der Waals surface area contributed by atoms with E-state index in [0.29, 0.717) is 17.9 Å². The predicted molar refractivity (Wildman–Crippen MR) is 75.9 cm³/mol. The van der Waals surface area contributed by atoms with Crippen molar-refractivity contribution < 1.29 is 4.79 Å². The van der Waals surface area contributed by atoms with Crippen molar-refractivity contribution in [2.45, 2.75) is 6.54 Å². The van der Waals surface area contributed by atoms with Crippen LogP contribution in [0.4, 0.5) is 5.82 Å². The average Bonchev–Trinajstić information content (AvgIpc) is 2.38. The van der Waals surface area contributed by atoms with Gasteiger partial charge in [0.05, 0.1) is 5.56 Å². The molecule has 0 unspecified atom stereocenters. The van der Waals surface area contributed by atoms with Gasteiger partial charge in [-0.15, -0.1) is 0 Å². The Bertz CT molecular complexity index is 557. The Morgan fingerprint density at radius 1 is 1.33 bits per heavy atom. The third-order valence-corrected chi connectivity index (χ3v) is 3.11. The molecule has 1 aromatic heterocycles. The fourth-order valence-corrected chi connectivity index (χ4v) is 2.25. The summed E-state index contributed by atoms with van der Waals surface area (Å²) in [5.41, 5.74) is 1.77. The van der Waals surface area contributed by atoms with Gasteiger partial charge in [-0.25, -0.2) is 4.98 Å². The molecule has 1 heterocycles. The number of nitrogens with zero attached hydrogens (tertiary/aromatic N) is 2. The van der Waals surface area contributed by atoms with Crippen LogP contribution in [0.5, 0.6) is 0 Å². The lowest BCUT2D eigenvalue weighted by Crippen LogP contribution is -2.19. The molecule has 0 aliphatic rings. The number of hydrogen-bond acceptors (Lipinski definition) is 3. The minimum atomic E-state index is 0.606. The second kappa shape index (κ2) is 5.78. The van der Waals surface area contributed by atoms with Gasteiger partial charge in [-0.3, -0.25) is 4.79 Å². The molecule has 4 heteroatoms. The quantitative estimate of drug-likeness (QED) is 0.813. The van der Waals surface area contributed by atoms with Crippen molar-refractivity contribution in [3.05, 3.63) is 58.2 Å². The Kier molecular flexibility index (Phi) is 4.10. The monoisotopic (exact) mass is 304 g/mol. The first-order chi connectivity index (χ1) is 8.70. The number of aromatic nitrogens is 1. The van der Waals surface area contributed by atoms with Crippen LogP contribution < -0.4 is 4.90 Å². The molecule has 0 fully saturated rings. The van der Waals surface area contributed by atoms with Crippen LogP contribution in [0.25, 0.3) is 0 Å². The van der Waals surface area contributed by atoms with E-state index in [0.717, 1.165) is 16.3 Å². The molecule has 0 atom stereocenters. The molecule has 0 amide bonds. The third-order valence-electron chi connectivity index (χ3n) is 2.61. The van der Waals surface area contributed by atoms with Crippen molar-refractivity contribution >= 4 is 28.0 Å². The largest absolute Gasteiger partial charge is 0.355 e. The molecule has 0 saturated heterocycles. The average molecular weight is 305 g/mol. The standard InChI is InChI=1S/C14H13BrN2O/c1-17(9-11-4-2-6-13(15)8-11)14-12(10-18)5-3-7-16-14/h2-8,10H,9H2,1H3. The summed E-state index contributed by atoms with van der Waals surface area (Å²) in [5, 5.41) is 0. The summed E-state index contributed by atoms with van der Waals surface area (Å²) in [4.78, 5) is 17.2. The van der Waals surface area contributed by atoms with Gasteiger partial charge in [0, 0.05) is 24.3 Å². The van der Waals surface area contributed by atoms with Gasteiger partial charge in [0.25, 0.3) is 0 Å². The summed E-state index contributed by atoms with van der Waals surface area (Å²) in [6.45, 7) is 0.706. The molecular formula is C14H13BrN2O. The van der Waals surface area contributed by atoms with Crippen molar-refractivity contribution in [1.29, 1.82) is 0 Å². The van der Waals surface area contributed by atoms with E-state index in [1.807, 2.05) is 30.1 Å². The van der Waals surface area contributed by atoms with E-state index in [9.17, 15) is 4.79 Å². The van der Waals surface area contributed by atoms with Crippen LogP contribution >= 0.6 is 15.9 Å². The number of benzene rings is 1. The zero-order chi connectivity index (χ0) is 13.0. The highest BCUT2D eigenvalue weighted by molar-refractivity contribution is 9.10. The highest BCUT2D eigenvalue weighted by atomic mass is 79.9. The first kappa shape index (κ1) is 12.8. The Hall–Kier alpha value is -1.68. The van der Waals surface area contributed by atoms with E-state index < -0.39 is 0 Å². The van der Waals surface area contributed by atoms with Crippen LogP contribution in [0.3, 0.4) is 0 Å². The van der Waals surface area contributed by atoms with Crippen LogP contribution in [0, 0.1) is 0 Å². The molecular weight excluding hydrogens is 292 g/mol. The topological polar surface area (TPSA) is 33.2 Å². The van der Waals surface area contributed by atoms with Crippen molar-refractivity contribution in [3.8, 4) is 0 Å². The third kappa shape index (κ3) is 2.96. The van der Waals surface area contributed by atoms with Gasteiger partial charge in [-0.05, 0) is 29.8 Å². The normalized spacial score (nSPS) is 10.1. The van der Waals surface area contributed by atoms with Crippen LogP contribution in [-0.4, -0.2) is 18.3 Å². The fourth-order valence-electron chi connectivity index (χ4n) is 1.80. The van der Waals surface area contributed by atoms with E-state index in [4.69, 9.17) is 0 Å². The number of aldehydes is 1.